The van der Waals surface area contributed by atoms with E-state index in [0.29, 0.717) is 18.2 Å². The molecule has 0 radical (unpaired) electrons. The van der Waals surface area contributed by atoms with Gasteiger partial charge in [0.25, 0.3) is 0 Å². The van der Waals surface area contributed by atoms with Gasteiger partial charge in [0, 0.05) is 43.8 Å². The molecule has 1 aromatic heterocycles. The van der Waals surface area contributed by atoms with Crippen LogP contribution in [0.1, 0.15) is 30.5 Å². The van der Waals surface area contributed by atoms with E-state index in [4.69, 9.17) is 4.74 Å². The highest BCUT2D eigenvalue weighted by Gasteiger charge is 2.29. The molecule has 0 bridgehead atoms. The number of piperazine rings is 1. The number of aromatic nitrogens is 2. The maximum Gasteiger partial charge on any atom is 0.0994 e. The molecule has 2 aromatic carbocycles. The van der Waals surface area contributed by atoms with Crippen LogP contribution >= 0.6 is 0 Å². The molecule has 1 N–H and O–H groups in total. The van der Waals surface area contributed by atoms with Gasteiger partial charge in [-0.3, -0.25) is 4.90 Å². The highest BCUT2D eigenvalue weighted by Crippen LogP contribution is 2.28. The molecule has 2 aliphatic heterocycles. The Balaban J connectivity index is 0.00000126. The number of hydrogen-bond acceptors (Lipinski definition) is 7. The third kappa shape index (κ3) is 4.92. The zero-order valence-corrected chi connectivity index (χ0v) is 19.7. The van der Waals surface area contributed by atoms with E-state index in [-0.39, 0.29) is 0 Å². The molecule has 3 heterocycles. The second kappa shape index (κ2) is 10.6. The van der Waals surface area contributed by atoms with Gasteiger partial charge in [0.15, 0.2) is 0 Å². The third-order valence-corrected chi connectivity index (χ3v) is 6.46. The second-order valence-electron chi connectivity index (χ2n) is 8.23. The van der Waals surface area contributed by atoms with E-state index in [0.717, 1.165) is 67.1 Å². The average molecular weight is 445 g/mol. The van der Waals surface area contributed by atoms with Crippen LogP contribution in [0, 0.1) is 18.3 Å². The van der Waals surface area contributed by atoms with Crippen LogP contribution in [0.3, 0.4) is 0 Å². The topological polar surface area (TPSA) is 77.3 Å². The first-order valence-electron chi connectivity index (χ1n) is 11.8. The fourth-order valence-electron chi connectivity index (χ4n) is 4.55. The lowest BCUT2D eigenvalue weighted by atomic mass is 10.0. The summed E-state index contributed by atoms with van der Waals surface area (Å²) in [5, 5.41) is 22.4. The number of morpholine rings is 1. The first-order valence-corrected chi connectivity index (χ1v) is 11.8. The Labute approximate surface area is 196 Å². The van der Waals surface area contributed by atoms with Crippen molar-refractivity contribution in [1.29, 1.82) is 5.26 Å². The van der Waals surface area contributed by atoms with Crippen LogP contribution in [-0.4, -0.2) is 60.5 Å². The molecule has 0 aliphatic carbocycles. The molecular formula is C26H32N6O. The number of hydrogen-bond donors (Lipinski definition) is 1. The summed E-state index contributed by atoms with van der Waals surface area (Å²) in [6.07, 6.45) is 1.78. The summed E-state index contributed by atoms with van der Waals surface area (Å²) in [5.41, 5.74) is 5.86. The second-order valence-corrected chi connectivity index (χ2v) is 8.23. The number of nitriles is 1. The van der Waals surface area contributed by atoms with Crippen molar-refractivity contribution in [3.05, 3.63) is 59.3 Å². The Bertz CT molecular complexity index is 1140. The molecule has 172 valence electrons. The fourth-order valence-corrected chi connectivity index (χ4v) is 4.55. The Morgan fingerprint density at radius 2 is 2.06 bits per heavy atom. The van der Waals surface area contributed by atoms with Crippen molar-refractivity contribution in [2.24, 2.45) is 0 Å². The van der Waals surface area contributed by atoms with Gasteiger partial charge < -0.3 is 15.0 Å². The minimum atomic E-state index is 0.460. The number of anilines is 2. The third-order valence-electron chi connectivity index (χ3n) is 6.46. The Kier molecular flexibility index (Phi) is 7.38. The smallest absolute Gasteiger partial charge is 0.0994 e. The van der Waals surface area contributed by atoms with Gasteiger partial charge in [0.05, 0.1) is 48.3 Å². The van der Waals surface area contributed by atoms with Crippen LogP contribution in [-0.2, 0) is 11.3 Å². The monoisotopic (exact) mass is 444 g/mol. The molecular weight excluding hydrogens is 412 g/mol. The molecule has 2 fully saturated rings. The van der Waals surface area contributed by atoms with E-state index >= 15 is 0 Å². The summed E-state index contributed by atoms with van der Waals surface area (Å²) in [6, 6.07) is 15.0. The SMILES string of the molecule is CC.Cc1c(C#N)cccc1CNc1cnnc2ccc(N3CCN4CCOCC4C3)cc12. The van der Waals surface area contributed by atoms with E-state index in [2.05, 4.69) is 49.6 Å². The molecule has 1 atom stereocenters. The summed E-state index contributed by atoms with van der Waals surface area (Å²) in [6.45, 7) is 12.4. The zero-order chi connectivity index (χ0) is 23.2. The van der Waals surface area contributed by atoms with Gasteiger partial charge in [-0.25, -0.2) is 0 Å². The minimum absolute atomic E-state index is 0.460. The van der Waals surface area contributed by atoms with Crippen molar-refractivity contribution in [3.8, 4) is 6.07 Å². The molecule has 0 saturated carbocycles. The first-order chi connectivity index (χ1) is 16.2. The van der Waals surface area contributed by atoms with Crippen LogP contribution in [0.15, 0.2) is 42.6 Å². The molecule has 2 saturated heterocycles. The highest BCUT2D eigenvalue weighted by atomic mass is 16.5. The fraction of sp³-hybridized carbons (Fsp3) is 0.423. The van der Waals surface area contributed by atoms with Gasteiger partial charge in [0.2, 0.25) is 0 Å². The van der Waals surface area contributed by atoms with Gasteiger partial charge in [-0.15, -0.1) is 0 Å². The van der Waals surface area contributed by atoms with Gasteiger partial charge >= 0.3 is 0 Å². The van der Waals surface area contributed by atoms with Gasteiger partial charge in [-0.1, -0.05) is 26.0 Å². The molecule has 33 heavy (non-hydrogen) atoms. The Morgan fingerprint density at radius 1 is 1.18 bits per heavy atom. The van der Waals surface area contributed by atoms with Crippen molar-refractivity contribution in [2.75, 3.05) is 49.6 Å². The summed E-state index contributed by atoms with van der Waals surface area (Å²) < 4.78 is 5.70. The summed E-state index contributed by atoms with van der Waals surface area (Å²) in [5.74, 6) is 0. The van der Waals surface area contributed by atoms with Crippen LogP contribution in [0.4, 0.5) is 11.4 Å². The predicted octanol–water partition coefficient (Wildman–Crippen LogP) is 3.97. The van der Waals surface area contributed by atoms with Crippen molar-refractivity contribution in [3.63, 3.8) is 0 Å². The summed E-state index contributed by atoms with van der Waals surface area (Å²) in [4.78, 5) is 4.98. The van der Waals surface area contributed by atoms with Crippen LogP contribution < -0.4 is 10.2 Å². The van der Waals surface area contributed by atoms with E-state index in [1.54, 1.807) is 6.20 Å². The Morgan fingerprint density at radius 3 is 2.91 bits per heavy atom. The maximum atomic E-state index is 9.29. The summed E-state index contributed by atoms with van der Waals surface area (Å²) >= 11 is 0. The molecule has 5 rings (SSSR count). The molecule has 7 heteroatoms. The van der Waals surface area contributed by atoms with E-state index in [1.165, 1.54) is 5.69 Å². The van der Waals surface area contributed by atoms with Crippen LogP contribution in [0.5, 0.6) is 0 Å². The van der Waals surface area contributed by atoms with Crippen molar-refractivity contribution in [2.45, 2.75) is 33.4 Å². The number of fused-ring (bicyclic) bond motifs is 2. The molecule has 0 spiro atoms. The van der Waals surface area contributed by atoms with Crippen molar-refractivity contribution >= 4 is 22.3 Å². The number of nitrogens with zero attached hydrogens (tertiary/aromatic N) is 5. The zero-order valence-electron chi connectivity index (χ0n) is 19.7. The molecule has 1 unspecified atom stereocenters. The molecule has 3 aromatic rings. The predicted molar refractivity (Wildman–Crippen MR) is 132 cm³/mol. The molecule has 0 amide bonds. The Hall–Kier alpha value is -3.21. The highest BCUT2D eigenvalue weighted by molar-refractivity contribution is 5.92. The van der Waals surface area contributed by atoms with Gasteiger partial charge in [-0.2, -0.15) is 15.5 Å². The maximum absolute atomic E-state index is 9.29. The largest absolute Gasteiger partial charge is 0.379 e. The lowest BCUT2D eigenvalue weighted by molar-refractivity contribution is -0.0116. The van der Waals surface area contributed by atoms with Crippen LogP contribution in [0.25, 0.3) is 10.9 Å². The number of nitrogens with one attached hydrogen (secondary N) is 1. The van der Waals surface area contributed by atoms with Crippen LogP contribution in [0.2, 0.25) is 0 Å². The van der Waals surface area contributed by atoms with Gasteiger partial charge in [-0.05, 0) is 42.3 Å². The average Bonchev–Trinajstić information content (AvgIpc) is 2.88. The molecule has 7 nitrogen and oxygen atoms in total. The summed E-state index contributed by atoms with van der Waals surface area (Å²) in [7, 11) is 0. The lowest BCUT2D eigenvalue weighted by Crippen LogP contribution is -2.58. The first kappa shape index (κ1) is 23.0. The minimum Gasteiger partial charge on any atom is -0.379 e. The van der Waals surface area contributed by atoms with E-state index < -0.39 is 0 Å². The lowest BCUT2D eigenvalue weighted by Gasteiger charge is -2.44. The van der Waals surface area contributed by atoms with Crippen molar-refractivity contribution < 1.29 is 4.74 Å². The number of benzene rings is 2. The van der Waals surface area contributed by atoms with Crippen molar-refractivity contribution in [1.82, 2.24) is 15.1 Å². The van der Waals surface area contributed by atoms with E-state index in [9.17, 15) is 5.26 Å². The number of ether oxygens (including phenoxy) is 1. The molecule has 2 aliphatic rings. The standard InChI is InChI=1S/C24H26N6O.C2H6/c1-17-18(12-25)3-2-4-19(17)13-26-24-14-27-28-23-6-5-20(11-22(23)24)30-8-7-29-9-10-31-16-21(29)15-30;1-2/h2-6,11,14,21H,7-10,13,15-16H2,1H3,(H,26,28);1-2H3. The normalized spacial score (nSPS) is 18.1. The van der Waals surface area contributed by atoms with E-state index in [1.807, 2.05) is 39.0 Å². The number of rotatable bonds is 4. The quantitative estimate of drug-likeness (QED) is 0.652. The van der Waals surface area contributed by atoms with Gasteiger partial charge in [0.1, 0.15) is 0 Å².